The number of nitrogens with one attached hydrogen (secondary N) is 2. The molecule has 2 unspecified atom stereocenters. The van der Waals surface area contributed by atoms with Gasteiger partial charge in [0.05, 0.1) is 19.1 Å². The van der Waals surface area contributed by atoms with Gasteiger partial charge in [-0.05, 0) is 6.54 Å². The summed E-state index contributed by atoms with van der Waals surface area (Å²) in [5, 5.41) is 3.14. The van der Waals surface area contributed by atoms with Crippen LogP contribution in [0, 0.1) is 5.92 Å². The Hall–Kier alpha value is -1.18. The summed E-state index contributed by atoms with van der Waals surface area (Å²) in [6, 6.07) is -0.0119. The summed E-state index contributed by atoms with van der Waals surface area (Å²) in [6.45, 7) is 3.24. The average Bonchev–Trinajstić information content (AvgIpc) is 2.66. The second kappa shape index (κ2) is 6.41. The van der Waals surface area contributed by atoms with Crippen LogP contribution in [0.4, 0.5) is 0 Å². The molecule has 4 N–H and O–H groups in total. The third kappa shape index (κ3) is 3.76. The summed E-state index contributed by atoms with van der Waals surface area (Å²) in [5.74, 6) is -1.23. The molecule has 1 heterocycles. The molecule has 0 aromatic rings. The van der Waals surface area contributed by atoms with Crippen LogP contribution in [0.25, 0.3) is 0 Å². The zero-order valence-electron chi connectivity index (χ0n) is 9.19. The number of nitrogens with two attached hydrogens (primary N) is 1. The molecule has 0 saturated carbocycles. The van der Waals surface area contributed by atoms with E-state index in [1.807, 2.05) is 6.92 Å². The van der Waals surface area contributed by atoms with E-state index >= 15 is 0 Å². The number of hydrogen-bond acceptors (Lipinski definition) is 5. The van der Waals surface area contributed by atoms with Gasteiger partial charge in [0.1, 0.15) is 0 Å². The van der Waals surface area contributed by atoms with Gasteiger partial charge in [-0.3, -0.25) is 14.4 Å². The van der Waals surface area contributed by atoms with Crippen molar-refractivity contribution in [3.63, 3.8) is 0 Å². The first-order chi connectivity index (χ1) is 7.65. The van der Waals surface area contributed by atoms with Crippen molar-refractivity contribution in [3.8, 4) is 0 Å². The van der Waals surface area contributed by atoms with Crippen LogP contribution in [-0.2, 0) is 19.2 Å². The lowest BCUT2D eigenvalue weighted by atomic mass is 10.0. The predicted octanol–water partition coefficient (Wildman–Crippen LogP) is -1.86. The second-order valence-electron chi connectivity index (χ2n) is 3.53. The number of ether oxygens (including phenoxy) is 1. The Morgan fingerprint density at radius 1 is 1.50 bits per heavy atom. The molecule has 2 atom stereocenters. The van der Waals surface area contributed by atoms with E-state index in [4.69, 9.17) is 10.5 Å². The number of carbonyl (C=O) groups is 2. The maximum atomic E-state index is 11.6. The highest BCUT2D eigenvalue weighted by molar-refractivity contribution is 5.79. The van der Waals surface area contributed by atoms with Gasteiger partial charge in [0.25, 0.3) is 5.91 Å². The standard InChI is InChI=1S/C9H17N3O4/c1-2-11-7-4-15-3-6(7)9(14)12-16-5-8(10)13/h6-7,11H,2-5H2,1H3,(H2,10,13)(H,12,14). The summed E-state index contributed by atoms with van der Waals surface area (Å²) in [5.41, 5.74) is 7.04. The van der Waals surface area contributed by atoms with Crippen molar-refractivity contribution in [1.29, 1.82) is 0 Å². The molecule has 2 amide bonds. The van der Waals surface area contributed by atoms with Crippen LogP contribution in [0.3, 0.4) is 0 Å². The number of carbonyl (C=O) groups excluding carboxylic acids is 2. The van der Waals surface area contributed by atoms with E-state index in [1.165, 1.54) is 0 Å². The highest BCUT2D eigenvalue weighted by atomic mass is 16.7. The Kier molecular flexibility index (Phi) is 5.17. The van der Waals surface area contributed by atoms with Gasteiger partial charge in [-0.1, -0.05) is 6.92 Å². The first kappa shape index (κ1) is 12.9. The Bertz CT molecular complexity index is 259. The maximum Gasteiger partial charge on any atom is 0.250 e. The van der Waals surface area contributed by atoms with Gasteiger partial charge in [-0.2, -0.15) is 0 Å². The van der Waals surface area contributed by atoms with Crippen molar-refractivity contribution in [3.05, 3.63) is 0 Å². The summed E-state index contributed by atoms with van der Waals surface area (Å²) in [4.78, 5) is 26.6. The van der Waals surface area contributed by atoms with Crippen molar-refractivity contribution in [1.82, 2.24) is 10.8 Å². The minimum absolute atomic E-state index is 0.0119. The van der Waals surface area contributed by atoms with E-state index in [2.05, 4.69) is 15.6 Å². The van der Waals surface area contributed by atoms with Crippen LogP contribution in [0.15, 0.2) is 0 Å². The lowest BCUT2D eigenvalue weighted by molar-refractivity contribution is -0.141. The van der Waals surface area contributed by atoms with E-state index in [1.54, 1.807) is 0 Å². The average molecular weight is 231 g/mol. The first-order valence-electron chi connectivity index (χ1n) is 5.16. The molecule has 1 aliphatic rings. The van der Waals surface area contributed by atoms with Gasteiger partial charge in [0, 0.05) is 6.04 Å². The largest absolute Gasteiger partial charge is 0.379 e. The fourth-order valence-corrected chi connectivity index (χ4v) is 1.53. The highest BCUT2D eigenvalue weighted by Gasteiger charge is 2.33. The topological polar surface area (TPSA) is 103 Å². The van der Waals surface area contributed by atoms with E-state index in [0.717, 1.165) is 6.54 Å². The summed E-state index contributed by atoms with van der Waals surface area (Å²) >= 11 is 0. The number of amides is 2. The molecule has 0 aromatic carbocycles. The number of likely N-dealkylation sites (N-methyl/N-ethyl adjacent to an activating group) is 1. The molecule has 16 heavy (non-hydrogen) atoms. The SMILES string of the molecule is CCNC1COCC1C(=O)NOCC(N)=O. The van der Waals surface area contributed by atoms with Gasteiger partial charge in [0.2, 0.25) is 5.91 Å². The van der Waals surface area contributed by atoms with Crippen LogP contribution >= 0.6 is 0 Å². The monoisotopic (exact) mass is 231 g/mol. The van der Waals surface area contributed by atoms with Gasteiger partial charge in [0.15, 0.2) is 6.61 Å². The Labute approximate surface area is 93.6 Å². The quantitative estimate of drug-likeness (QED) is 0.465. The molecule has 0 aliphatic carbocycles. The highest BCUT2D eigenvalue weighted by Crippen LogP contribution is 2.13. The molecular formula is C9H17N3O4. The first-order valence-corrected chi connectivity index (χ1v) is 5.16. The molecular weight excluding hydrogens is 214 g/mol. The zero-order chi connectivity index (χ0) is 12.0. The van der Waals surface area contributed by atoms with Crippen molar-refractivity contribution >= 4 is 11.8 Å². The van der Waals surface area contributed by atoms with E-state index in [0.29, 0.717) is 13.2 Å². The van der Waals surface area contributed by atoms with E-state index in [9.17, 15) is 9.59 Å². The third-order valence-electron chi connectivity index (χ3n) is 2.27. The molecule has 7 nitrogen and oxygen atoms in total. The molecule has 0 aromatic heterocycles. The maximum absolute atomic E-state index is 11.6. The molecule has 0 spiro atoms. The van der Waals surface area contributed by atoms with Crippen LogP contribution in [-0.4, -0.2) is 44.2 Å². The summed E-state index contributed by atoms with van der Waals surface area (Å²) in [6.07, 6.45) is 0. The molecule has 0 radical (unpaired) electrons. The van der Waals surface area contributed by atoms with Crippen molar-refractivity contribution in [2.45, 2.75) is 13.0 Å². The molecule has 92 valence electrons. The van der Waals surface area contributed by atoms with Crippen LogP contribution in [0.1, 0.15) is 6.92 Å². The Morgan fingerprint density at radius 2 is 2.25 bits per heavy atom. The lowest BCUT2D eigenvalue weighted by Gasteiger charge is -2.17. The van der Waals surface area contributed by atoms with Gasteiger partial charge in [-0.25, -0.2) is 5.48 Å². The molecule has 1 aliphatic heterocycles. The Balaban J connectivity index is 2.31. The minimum Gasteiger partial charge on any atom is -0.379 e. The molecule has 1 fully saturated rings. The fourth-order valence-electron chi connectivity index (χ4n) is 1.53. The Morgan fingerprint density at radius 3 is 2.88 bits per heavy atom. The summed E-state index contributed by atoms with van der Waals surface area (Å²) < 4.78 is 5.20. The molecule has 7 heteroatoms. The van der Waals surface area contributed by atoms with Crippen molar-refractivity contribution in [2.24, 2.45) is 11.7 Å². The minimum atomic E-state index is -0.633. The fraction of sp³-hybridized carbons (Fsp3) is 0.778. The number of primary amides is 1. The van der Waals surface area contributed by atoms with Gasteiger partial charge >= 0.3 is 0 Å². The predicted molar refractivity (Wildman–Crippen MR) is 55.1 cm³/mol. The van der Waals surface area contributed by atoms with Crippen LogP contribution in [0.5, 0.6) is 0 Å². The van der Waals surface area contributed by atoms with Crippen molar-refractivity contribution < 1.29 is 19.2 Å². The van der Waals surface area contributed by atoms with Crippen LogP contribution in [0.2, 0.25) is 0 Å². The number of hydroxylamine groups is 1. The smallest absolute Gasteiger partial charge is 0.250 e. The van der Waals surface area contributed by atoms with Gasteiger partial charge < -0.3 is 15.8 Å². The van der Waals surface area contributed by atoms with Crippen molar-refractivity contribution in [2.75, 3.05) is 26.4 Å². The zero-order valence-corrected chi connectivity index (χ0v) is 9.19. The van der Waals surface area contributed by atoms with Crippen LogP contribution < -0.4 is 16.5 Å². The van der Waals surface area contributed by atoms with Gasteiger partial charge in [-0.15, -0.1) is 0 Å². The normalized spacial score (nSPS) is 24.3. The lowest BCUT2D eigenvalue weighted by Crippen LogP contribution is -2.44. The third-order valence-corrected chi connectivity index (χ3v) is 2.27. The number of rotatable bonds is 6. The number of hydrogen-bond donors (Lipinski definition) is 3. The second-order valence-corrected chi connectivity index (χ2v) is 3.53. The molecule has 1 saturated heterocycles. The van der Waals surface area contributed by atoms with E-state index in [-0.39, 0.29) is 24.5 Å². The molecule has 1 rings (SSSR count). The van der Waals surface area contributed by atoms with E-state index < -0.39 is 5.91 Å². The summed E-state index contributed by atoms with van der Waals surface area (Å²) in [7, 11) is 0. The molecule has 0 bridgehead atoms.